The normalized spacial score (nSPS) is 14.8. The summed E-state index contributed by atoms with van der Waals surface area (Å²) >= 11 is 0. The molecule has 1 aliphatic rings. The summed E-state index contributed by atoms with van der Waals surface area (Å²) in [6.45, 7) is 1.46. The average molecular weight is 251 g/mol. The Hall–Kier alpha value is -1.75. The van der Waals surface area contributed by atoms with Gasteiger partial charge in [-0.15, -0.1) is 0 Å². The van der Waals surface area contributed by atoms with E-state index in [-0.39, 0.29) is 11.7 Å². The van der Waals surface area contributed by atoms with Crippen molar-refractivity contribution in [1.29, 1.82) is 0 Å². The molecule has 0 aliphatic carbocycles. The Morgan fingerprint density at radius 1 is 1.11 bits per heavy atom. The lowest BCUT2D eigenvalue weighted by Gasteiger charge is -2.26. The maximum atomic E-state index is 12.2. The molecule has 0 bridgehead atoms. The van der Waals surface area contributed by atoms with E-state index in [1.807, 2.05) is 0 Å². The van der Waals surface area contributed by atoms with Crippen LogP contribution >= 0.6 is 0 Å². The van der Waals surface area contributed by atoms with E-state index in [1.165, 1.54) is 21.3 Å². The largest absolute Gasteiger partial charge is 0.493 e. The predicted molar refractivity (Wildman–Crippen MR) is 66.8 cm³/mol. The number of ether oxygens (including phenoxy) is 3. The maximum Gasteiger partial charge on any atom is 0.203 e. The molecule has 5 nitrogen and oxygen atoms in total. The summed E-state index contributed by atoms with van der Waals surface area (Å²) in [6, 6.07) is 3.39. The second-order valence-electron chi connectivity index (χ2n) is 4.13. The second kappa shape index (κ2) is 5.27. The number of carbonyl (C=O) groups excluding carboxylic acids is 1. The van der Waals surface area contributed by atoms with E-state index in [4.69, 9.17) is 14.2 Å². The highest BCUT2D eigenvalue weighted by Crippen LogP contribution is 2.38. The van der Waals surface area contributed by atoms with Crippen LogP contribution in [0, 0.1) is 5.92 Å². The average Bonchev–Trinajstić information content (AvgIpc) is 2.34. The van der Waals surface area contributed by atoms with E-state index in [1.54, 1.807) is 12.1 Å². The highest BCUT2D eigenvalue weighted by atomic mass is 16.5. The minimum Gasteiger partial charge on any atom is -0.493 e. The van der Waals surface area contributed by atoms with Gasteiger partial charge in [0, 0.05) is 24.6 Å². The van der Waals surface area contributed by atoms with Crippen molar-refractivity contribution in [2.75, 3.05) is 34.4 Å². The second-order valence-corrected chi connectivity index (χ2v) is 4.13. The van der Waals surface area contributed by atoms with Crippen molar-refractivity contribution in [2.24, 2.45) is 5.92 Å². The van der Waals surface area contributed by atoms with Gasteiger partial charge >= 0.3 is 0 Å². The molecule has 0 aromatic heterocycles. The van der Waals surface area contributed by atoms with Gasteiger partial charge in [-0.05, 0) is 12.1 Å². The number of carbonyl (C=O) groups is 1. The molecule has 1 saturated heterocycles. The quantitative estimate of drug-likeness (QED) is 0.795. The molecule has 1 aromatic carbocycles. The monoisotopic (exact) mass is 251 g/mol. The Kier molecular flexibility index (Phi) is 3.72. The van der Waals surface area contributed by atoms with Gasteiger partial charge < -0.3 is 19.5 Å². The van der Waals surface area contributed by atoms with Crippen LogP contribution in [0.4, 0.5) is 0 Å². The first kappa shape index (κ1) is 12.7. The molecule has 0 saturated carbocycles. The summed E-state index contributed by atoms with van der Waals surface area (Å²) in [5, 5.41) is 3.08. The summed E-state index contributed by atoms with van der Waals surface area (Å²) in [6.07, 6.45) is 0. The topological polar surface area (TPSA) is 56.8 Å². The molecular formula is C13H17NO4. The molecular weight excluding hydrogens is 234 g/mol. The summed E-state index contributed by atoms with van der Waals surface area (Å²) in [4.78, 5) is 12.2. The number of hydrogen-bond donors (Lipinski definition) is 1. The molecule has 1 fully saturated rings. The van der Waals surface area contributed by atoms with Crippen LogP contribution in [-0.4, -0.2) is 40.2 Å². The first-order valence-corrected chi connectivity index (χ1v) is 5.76. The fourth-order valence-electron chi connectivity index (χ4n) is 1.93. The van der Waals surface area contributed by atoms with Crippen molar-refractivity contribution in [3.8, 4) is 17.2 Å². The van der Waals surface area contributed by atoms with Crippen molar-refractivity contribution in [3.05, 3.63) is 17.7 Å². The van der Waals surface area contributed by atoms with E-state index in [2.05, 4.69) is 5.32 Å². The minimum atomic E-state index is 0.0489. The Balaban J connectivity index is 2.39. The highest BCUT2D eigenvalue weighted by molar-refractivity contribution is 5.99. The Bertz CT molecular complexity index is 429. The molecule has 0 radical (unpaired) electrons. The number of methoxy groups -OCH3 is 3. The number of ketones is 1. The van der Waals surface area contributed by atoms with Gasteiger partial charge in [0.15, 0.2) is 17.3 Å². The summed E-state index contributed by atoms with van der Waals surface area (Å²) in [7, 11) is 4.62. The van der Waals surface area contributed by atoms with Crippen LogP contribution < -0.4 is 19.5 Å². The third-order valence-corrected chi connectivity index (χ3v) is 3.10. The van der Waals surface area contributed by atoms with Crippen molar-refractivity contribution in [1.82, 2.24) is 5.32 Å². The standard InChI is InChI=1S/C13H17NO4/c1-16-10-4-8(12(15)9-6-14-7-9)5-11(17-2)13(10)18-3/h4-5,9,14H,6-7H2,1-3H3. The molecule has 1 heterocycles. The molecule has 0 spiro atoms. The summed E-state index contributed by atoms with van der Waals surface area (Å²) in [5.41, 5.74) is 0.594. The van der Waals surface area contributed by atoms with Gasteiger partial charge in [0.05, 0.1) is 21.3 Å². The summed E-state index contributed by atoms with van der Waals surface area (Å²) < 4.78 is 15.7. The molecule has 98 valence electrons. The molecule has 0 amide bonds. The molecule has 18 heavy (non-hydrogen) atoms. The van der Waals surface area contributed by atoms with E-state index >= 15 is 0 Å². The number of hydrogen-bond acceptors (Lipinski definition) is 5. The fraction of sp³-hybridized carbons (Fsp3) is 0.462. The van der Waals surface area contributed by atoms with E-state index in [0.717, 1.165) is 13.1 Å². The summed E-state index contributed by atoms with van der Waals surface area (Å²) in [5.74, 6) is 1.67. The van der Waals surface area contributed by atoms with E-state index in [0.29, 0.717) is 22.8 Å². The van der Waals surface area contributed by atoms with Crippen molar-refractivity contribution >= 4 is 5.78 Å². The number of benzene rings is 1. The SMILES string of the molecule is COc1cc(C(=O)C2CNC2)cc(OC)c1OC. The van der Waals surface area contributed by atoms with Crippen molar-refractivity contribution < 1.29 is 19.0 Å². The third-order valence-electron chi connectivity index (χ3n) is 3.10. The number of Topliss-reactive ketones (excluding diaryl/α,β-unsaturated/α-hetero) is 1. The first-order chi connectivity index (χ1) is 8.71. The van der Waals surface area contributed by atoms with Crippen LogP contribution in [0.1, 0.15) is 10.4 Å². The van der Waals surface area contributed by atoms with Crippen LogP contribution in [0.2, 0.25) is 0 Å². The molecule has 5 heteroatoms. The number of nitrogens with one attached hydrogen (secondary N) is 1. The fourth-order valence-corrected chi connectivity index (χ4v) is 1.93. The lowest BCUT2D eigenvalue weighted by atomic mass is 9.92. The van der Waals surface area contributed by atoms with Crippen LogP contribution in [-0.2, 0) is 0 Å². The van der Waals surface area contributed by atoms with Crippen LogP contribution in [0.3, 0.4) is 0 Å². The Morgan fingerprint density at radius 3 is 2.00 bits per heavy atom. The van der Waals surface area contributed by atoms with Gasteiger partial charge in [-0.2, -0.15) is 0 Å². The zero-order valence-electron chi connectivity index (χ0n) is 10.8. The maximum absolute atomic E-state index is 12.2. The van der Waals surface area contributed by atoms with Crippen molar-refractivity contribution in [3.63, 3.8) is 0 Å². The Labute approximate surface area is 106 Å². The predicted octanol–water partition coefficient (Wildman–Crippen LogP) is 1.11. The molecule has 1 N–H and O–H groups in total. The van der Waals surface area contributed by atoms with Crippen LogP contribution in [0.15, 0.2) is 12.1 Å². The van der Waals surface area contributed by atoms with Crippen LogP contribution in [0.5, 0.6) is 17.2 Å². The third kappa shape index (κ3) is 2.13. The van der Waals surface area contributed by atoms with E-state index < -0.39 is 0 Å². The minimum absolute atomic E-state index is 0.0489. The lowest BCUT2D eigenvalue weighted by Crippen LogP contribution is -2.46. The molecule has 1 aromatic rings. The van der Waals surface area contributed by atoms with Gasteiger partial charge in [-0.1, -0.05) is 0 Å². The molecule has 1 aliphatic heterocycles. The Morgan fingerprint density at radius 2 is 1.67 bits per heavy atom. The van der Waals surface area contributed by atoms with Gasteiger partial charge in [0.2, 0.25) is 5.75 Å². The van der Waals surface area contributed by atoms with Gasteiger partial charge in [-0.25, -0.2) is 0 Å². The number of rotatable bonds is 5. The van der Waals surface area contributed by atoms with Gasteiger partial charge in [0.25, 0.3) is 0 Å². The van der Waals surface area contributed by atoms with Gasteiger partial charge in [0.1, 0.15) is 0 Å². The smallest absolute Gasteiger partial charge is 0.203 e. The zero-order chi connectivity index (χ0) is 13.1. The zero-order valence-corrected chi connectivity index (χ0v) is 10.8. The van der Waals surface area contributed by atoms with E-state index in [9.17, 15) is 4.79 Å². The molecule has 0 atom stereocenters. The van der Waals surface area contributed by atoms with Crippen LogP contribution in [0.25, 0.3) is 0 Å². The first-order valence-electron chi connectivity index (χ1n) is 5.76. The van der Waals surface area contributed by atoms with Gasteiger partial charge in [-0.3, -0.25) is 4.79 Å². The molecule has 2 rings (SSSR count). The van der Waals surface area contributed by atoms with Crippen molar-refractivity contribution in [2.45, 2.75) is 0 Å². The molecule has 0 unspecified atom stereocenters. The lowest BCUT2D eigenvalue weighted by molar-refractivity contribution is 0.0877. The highest BCUT2D eigenvalue weighted by Gasteiger charge is 2.27.